The lowest BCUT2D eigenvalue weighted by atomic mass is 10.0. The highest BCUT2D eigenvalue weighted by Crippen LogP contribution is 2.20. The molecule has 0 aliphatic rings. The van der Waals surface area contributed by atoms with Crippen LogP contribution in [-0.4, -0.2) is 15.1 Å². The maximum absolute atomic E-state index is 10.2. The van der Waals surface area contributed by atoms with E-state index in [4.69, 9.17) is 0 Å². The molecule has 0 aliphatic heterocycles. The van der Waals surface area contributed by atoms with Crippen molar-refractivity contribution >= 4 is 0 Å². The van der Waals surface area contributed by atoms with E-state index in [9.17, 15) is 5.11 Å². The van der Waals surface area contributed by atoms with Crippen molar-refractivity contribution in [3.05, 3.63) is 59.7 Å². The molecular formula is C14H16N2O. The highest BCUT2D eigenvalue weighted by Gasteiger charge is 2.11. The molecule has 1 atom stereocenters. The molecule has 1 heterocycles. The van der Waals surface area contributed by atoms with Crippen molar-refractivity contribution in [3.8, 4) is 0 Å². The fourth-order valence-corrected chi connectivity index (χ4v) is 1.84. The molecule has 3 heteroatoms. The maximum Gasteiger partial charge on any atom is 0.121 e. The smallest absolute Gasteiger partial charge is 0.121 e. The molecule has 1 aromatic heterocycles. The predicted molar refractivity (Wildman–Crippen MR) is 66.5 cm³/mol. The van der Waals surface area contributed by atoms with Gasteiger partial charge in [0.2, 0.25) is 0 Å². The number of rotatable bonds is 4. The Labute approximate surface area is 101 Å². The third-order valence-electron chi connectivity index (χ3n) is 2.69. The van der Waals surface area contributed by atoms with Gasteiger partial charge in [-0.15, -0.1) is 0 Å². The van der Waals surface area contributed by atoms with E-state index in [-0.39, 0.29) is 0 Å². The first-order valence-corrected chi connectivity index (χ1v) is 5.84. The van der Waals surface area contributed by atoms with Crippen LogP contribution < -0.4 is 0 Å². The first-order chi connectivity index (χ1) is 8.31. The molecule has 0 spiro atoms. The van der Waals surface area contributed by atoms with E-state index in [0.717, 1.165) is 18.4 Å². The van der Waals surface area contributed by atoms with Crippen LogP contribution in [0.3, 0.4) is 0 Å². The summed E-state index contributed by atoms with van der Waals surface area (Å²) in [6.07, 6.45) is 4.56. The second-order valence-corrected chi connectivity index (χ2v) is 4.03. The fourth-order valence-electron chi connectivity index (χ4n) is 1.84. The Balaban J connectivity index is 2.25. The molecule has 88 valence electrons. The van der Waals surface area contributed by atoms with Crippen molar-refractivity contribution in [1.82, 2.24) is 9.97 Å². The van der Waals surface area contributed by atoms with Crippen LogP contribution in [0.1, 0.15) is 36.3 Å². The molecule has 0 radical (unpaired) electrons. The monoisotopic (exact) mass is 228 g/mol. The number of aliphatic hydroxyl groups is 1. The average molecular weight is 228 g/mol. The van der Waals surface area contributed by atoms with Gasteiger partial charge in [-0.2, -0.15) is 0 Å². The lowest BCUT2D eigenvalue weighted by molar-refractivity contribution is 0.215. The zero-order valence-electron chi connectivity index (χ0n) is 9.87. The van der Waals surface area contributed by atoms with Crippen molar-refractivity contribution in [2.24, 2.45) is 0 Å². The summed E-state index contributed by atoms with van der Waals surface area (Å²) < 4.78 is 0. The molecule has 1 unspecified atom stereocenters. The van der Waals surface area contributed by atoms with Gasteiger partial charge in [0.15, 0.2) is 0 Å². The summed E-state index contributed by atoms with van der Waals surface area (Å²) in [4.78, 5) is 7.92. The van der Waals surface area contributed by atoms with Crippen molar-refractivity contribution in [2.75, 3.05) is 0 Å². The van der Waals surface area contributed by atoms with Crippen LogP contribution in [0, 0.1) is 0 Å². The van der Waals surface area contributed by atoms with Crippen LogP contribution in [0.5, 0.6) is 0 Å². The second kappa shape index (κ2) is 5.55. The molecule has 0 aliphatic carbocycles. The van der Waals surface area contributed by atoms with Crippen molar-refractivity contribution in [2.45, 2.75) is 25.9 Å². The molecule has 0 bridgehead atoms. The average Bonchev–Trinajstić information content (AvgIpc) is 2.40. The second-order valence-electron chi connectivity index (χ2n) is 4.03. The van der Waals surface area contributed by atoms with Gasteiger partial charge >= 0.3 is 0 Å². The first-order valence-electron chi connectivity index (χ1n) is 5.84. The first kappa shape index (κ1) is 11.7. The van der Waals surface area contributed by atoms with Gasteiger partial charge < -0.3 is 5.11 Å². The summed E-state index contributed by atoms with van der Waals surface area (Å²) in [5, 5.41) is 10.2. The van der Waals surface area contributed by atoms with E-state index in [1.807, 2.05) is 18.2 Å². The number of hydrogen-bond donors (Lipinski definition) is 1. The Morgan fingerprint density at radius 1 is 1.29 bits per heavy atom. The topological polar surface area (TPSA) is 46.0 Å². The molecule has 0 amide bonds. The maximum atomic E-state index is 10.2. The molecule has 1 aromatic carbocycles. The number of aryl methyl sites for hydroxylation is 1. The van der Waals surface area contributed by atoms with Crippen LogP contribution in [0.4, 0.5) is 0 Å². The van der Waals surface area contributed by atoms with Gasteiger partial charge in [-0.25, -0.2) is 9.97 Å². The molecular weight excluding hydrogens is 212 g/mol. The van der Waals surface area contributed by atoms with Crippen molar-refractivity contribution < 1.29 is 5.11 Å². The summed E-state index contributed by atoms with van der Waals surface area (Å²) in [5.41, 5.74) is 2.77. The summed E-state index contributed by atoms with van der Waals surface area (Å²) in [6.45, 7) is 2.15. The summed E-state index contributed by atoms with van der Waals surface area (Å²) in [6, 6.07) is 9.75. The van der Waals surface area contributed by atoms with Crippen molar-refractivity contribution in [3.63, 3.8) is 0 Å². The van der Waals surface area contributed by atoms with Gasteiger partial charge in [-0.1, -0.05) is 37.6 Å². The van der Waals surface area contributed by atoms with Crippen LogP contribution in [-0.2, 0) is 6.42 Å². The quantitative estimate of drug-likeness (QED) is 0.874. The standard InChI is InChI=1S/C14H16N2O/c1-2-4-11-5-3-6-12(9-11)14(17)13-7-8-15-10-16-13/h3,5-10,14,17H,2,4H2,1H3. The van der Waals surface area contributed by atoms with E-state index in [0.29, 0.717) is 5.69 Å². The highest BCUT2D eigenvalue weighted by molar-refractivity contribution is 5.29. The Hall–Kier alpha value is -1.74. The molecule has 1 N–H and O–H groups in total. The lowest BCUT2D eigenvalue weighted by Gasteiger charge is -2.11. The lowest BCUT2D eigenvalue weighted by Crippen LogP contribution is -2.02. The third-order valence-corrected chi connectivity index (χ3v) is 2.69. The SMILES string of the molecule is CCCc1cccc(C(O)c2ccncn2)c1. The van der Waals surface area contributed by atoms with E-state index in [1.165, 1.54) is 11.9 Å². The molecule has 0 fully saturated rings. The molecule has 0 saturated carbocycles. The van der Waals surface area contributed by atoms with Crippen LogP contribution in [0.2, 0.25) is 0 Å². The van der Waals surface area contributed by atoms with Gasteiger partial charge in [0, 0.05) is 6.20 Å². The normalized spacial score (nSPS) is 12.4. The zero-order valence-corrected chi connectivity index (χ0v) is 9.87. The third kappa shape index (κ3) is 2.88. The Morgan fingerprint density at radius 3 is 2.88 bits per heavy atom. The van der Waals surface area contributed by atoms with Gasteiger partial charge in [0.1, 0.15) is 12.4 Å². The molecule has 17 heavy (non-hydrogen) atoms. The zero-order chi connectivity index (χ0) is 12.1. The Kier molecular flexibility index (Phi) is 3.83. The van der Waals surface area contributed by atoms with Crippen LogP contribution in [0.15, 0.2) is 42.9 Å². The van der Waals surface area contributed by atoms with Crippen LogP contribution in [0.25, 0.3) is 0 Å². The van der Waals surface area contributed by atoms with Crippen LogP contribution >= 0.6 is 0 Å². The summed E-state index contributed by atoms with van der Waals surface area (Å²) >= 11 is 0. The van der Waals surface area contributed by atoms with E-state index in [1.54, 1.807) is 12.3 Å². The Bertz CT molecular complexity index is 471. The minimum atomic E-state index is -0.671. The fraction of sp³-hybridized carbons (Fsp3) is 0.286. The van der Waals surface area contributed by atoms with Gasteiger partial charge in [0.05, 0.1) is 5.69 Å². The van der Waals surface area contributed by atoms with E-state index < -0.39 is 6.10 Å². The minimum absolute atomic E-state index is 0.633. The van der Waals surface area contributed by atoms with Gasteiger partial charge in [-0.05, 0) is 23.6 Å². The van der Waals surface area contributed by atoms with Gasteiger partial charge in [-0.3, -0.25) is 0 Å². The number of benzene rings is 1. The molecule has 3 nitrogen and oxygen atoms in total. The van der Waals surface area contributed by atoms with Crippen molar-refractivity contribution in [1.29, 1.82) is 0 Å². The highest BCUT2D eigenvalue weighted by atomic mass is 16.3. The summed E-state index contributed by atoms with van der Waals surface area (Å²) in [7, 11) is 0. The van der Waals surface area contributed by atoms with Gasteiger partial charge in [0.25, 0.3) is 0 Å². The molecule has 2 aromatic rings. The summed E-state index contributed by atoms with van der Waals surface area (Å²) in [5.74, 6) is 0. The number of aromatic nitrogens is 2. The molecule has 0 saturated heterocycles. The number of hydrogen-bond acceptors (Lipinski definition) is 3. The predicted octanol–water partition coefficient (Wildman–Crippen LogP) is 2.51. The number of aliphatic hydroxyl groups excluding tert-OH is 1. The van der Waals surface area contributed by atoms with E-state index in [2.05, 4.69) is 23.0 Å². The minimum Gasteiger partial charge on any atom is -0.382 e. The molecule has 2 rings (SSSR count). The number of nitrogens with zero attached hydrogens (tertiary/aromatic N) is 2. The van der Waals surface area contributed by atoms with E-state index >= 15 is 0 Å². The largest absolute Gasteiger partial charge is 0.382 e. The Morgan fingerprint density at radius 2 is 2.18 bits per heavy atom.